The molecule has 0 radical (unpaired) electrons. The Kier molecular flexibility index (Phi) is 1.58. The molecule has 5 nitrogen and oxygen atoms in total. The number of hydrogen-bond acceptors (Lipinski definition) is 4. The number of aromatic amines is 1. The maximum atomic E-state index is 5.24. The first-order chi connectivity index (χ1) is 7.36. The van der Waals surface area contributed by atoms with E-state index in [4.69, 9.17) is 4.42 Å². The molecule has 5 heteroatoms. The number of nitrogens with one attached hydrogen (secondary N) is 1. The lowest BCUT2D eigenvalue weighted by Crippen LogP contribution is -1.85. The van der Waals surface area contributed by atoms with E-state index in [2.05, 4.69) is 20.2 Å². The van der Waals surface area contributed by atoms with Gasteiger partial charge in [0.15, 0.2) is 0 Å². The normalized spacial score (nSPS) is 11.0. The zero-order chi connectivity index (χ0) is 10.3. The van der Waals surface area contributed by atoms with Crippen LogP contribution in [-0.4, -0.2) is 20.2 Å². The second-order valence-corrected chi connectivity index (χ2v) is 3.24. The van der Waals surface area contributed by atoms with Crippen molar-refractivity contribution in [2.24, 2.45) is 0 Å². The molecule has 0 unspecified atom stereocenters. The number of pyridine rings is 1. The first-order valence-corrected chi connectivity index (χ1v) is 4.56. The highest BCUT2D eigenvalue weighted by atomic mass is 16.3. The van der Waals surface area contributed by atoms with E-state index >= 15 is 0 Å². The van der Waals surface area contributed by atoms with Gasteiger partial charge in [0, 0.05) is 11.9 Å². The minimum absolute atomic E-state index is 0.519. The number of H-pyrrole nitrogens is 1. The van der Waals surface area contributed by atoms with Crippen molar-refractivity contribution in [3.8, 4) is 11.6 Å². The summed E-state index contributed by atoms with van der Waals surface area (Å²) in [6, 6.07) is 1.85. The predicted molar refractivity (Wildman–Crippen MR) is 54.1 cm³/mol. The number of nitrogens with zero attached hydrogens (tertiary/aromatic N) is 3. The molecule has 0 fully saturated rings. The molecule has 0 aromatic carbocycles. The van der Waals surface area contributed by atoms with Gasteiger partial charge >= 0.3 is 0 Å². The second kappa shape index (κ2) is 2.91. The Morgan fingerprint density at radius 3 is 3.00 bits per heavy atom. The third-order valence-electron chi connectivity index (χ3n) is 2.28. The van der Waals surface area contributed by atoms with E-state index in [0.717, 1.165) is 22.3 Å². The zero-order valence-corrected chi connectivity index (χ0v) is 8.06. The average molecular weight is 200 g/mol. The Hall–Kier alpha value is -2.17. The van der Waals surface area contributed by atoms with Crippen LogP contribution in [0.25, 0.3) is 22.5 Å². The minimum Gasteiger partial charge on any atom is -0.443 e. The fourth-order valence-electron chi connectivity index (χ4n) is 1.62. The van der Waals surface area contributed by atoms with Crippen molar-refractivity contribution in [1.29, 1.82) is 0 Å². The first-order valence-electron chi connectivity index (χ1n) is 4.56. The van der Waals surface area contributed by atoms with E-state index < -0.39 is 0 Å². The molecule has 0 saturated heterocycles. The fraction of sp³-hybridized carbons (Fsp3) is 0.100. The molecule has 3 aromatic rings. The van der Waals surface area contributed by atoms with Crippen molar-refractivity contribution in [2.45, 2.75) is 6.92 Å². The summed E-state index contributed by atoms with van der Waals surface area (Å²) in [5.74, 6) is 0.519. The highest BCUT2D eigenvalue weighted by molar-refractivity contribution is 5.92. The third kappa shape index (κ3) is 1.13. The van der Waals surface area contributed by atoms with Crippen molar-refractivity contribution in [1.82, 2.24) is 20.2 Å². The summed E-state index contributed by atoms with van der Waals surface area (Å²) in [5, 5.41) is 8.03. The van der Waals surface area contributed by atoms with Crippen LogP contribution < -0.4 is 0 Å². The van der Waals surface area contributed by atoms with E-state index in [-0.39, 0.29) is 0 Å². The first kappa shape index (κ1) is 8.16. The van der Waals surface area contributed by atoms with Crippen molar-refractivity contribution < 1.29 is 4.42 Å². The van der Waals surface area contributed by atoms with Crippen molar-refractivity contribution in [2.75, 3.05) is 0 Å². The number of rotatable bonds is 1. The van der Waals surface area contributed by atoms with E-state index in [1.165, 1.54) is 6.26 Å². The topological polar surface area (TPSA) is 67.6 Å². The fourth-order valence-corrected chi connectivity index (χ4v) is 1.62. The number of fused-ring (bicyclic) bond motifs is 1. The van der Waals surface area contributed by atoms with Crippen LogP contribution in [0, 0.1) is 6.92 Å². The van der Waals surface area contributed by atoms with Gasteiger partial charge in [-0.2, -0.15) is 5.10 Å². The summed E-state index contributed by atoms with van der Waals surface area (Å²) < 4.78 is 5.24. The van der Waals surface area contributed by atoms with Crippen molar-refractivity contribution in [3.63, 3.8) is 0 Å². The maximum Gasteiger partial charge on any atom is 0.245 e. The average Bonchev–Trinajstić information content (AvgIpc) is 2.88. The van der Waals surface area contributed by atoms with Crippen LogP contribution in [0.5, 0.6) is 0 Å². The molecule has 3 heterocycles. The lowest BCUT2D eigenvalue weighted by Gasteiger charge is -1.96. The van der Waals surface area contributed by atoms with Gasteiger partial charge in [-0.25, -0.2) is 4.98 Å². The highest BCUT2D eigenvalue weighted by Gasteiger charge is 2.12. The standard InChI is InChI=1S/C10H8N4O/c1-6-8-7(14-13-6)2-3-11-9(8)10-12-4-5-15-10/h2-5H,1H3,(H,13,14). The van der Waals surface area contributed by atoms with Gasteiger partial charge in [-0.15, -0.1) is 0 Å². The van der Waals surface area contributed by atoms with Crippen molar-refractivity contribution in [3.05, 3.63) is 30.4 Å². The molecule has 0 aliphatic rings. The highest BCUT2D eigenvalue weighted by Crippen LogP contribution is 2.25. The van der Waals surface area contributed by atoms with Gasteiger partial charge in [-0.05, 0) is 13.0 Å². The Balaban J connectivity index is 2.39. The quantitative estimate of drug-likeness (QED) is 0.651. The molecule has 1 N–H and O–H groups in total. The number of aryl methyl sites for hydroxylation is 1. The van der Waals surface area contributed by atoms with Gasteiger partial charge < -0.3 is 4.42 Å². The summed E-state index contributed by atoms with van der Waals surface area (Å²) in [6.45, 7) is 1.95. The van der Waals surface area contributed by atoms with Crippen LogP contribution in [0.2, 0.25) is 0 Å². The Morgan fingerprint density at radius 2 is 2.20 bits per heavy atom. The van der Waals surface area contributed by atoms with Crippen LogP contribution in [-0.2, 0) is 0 Å². The van der Waals surface area contributed by atoms with Gasteiger partial charge in [0.25, 0.3) is 0 Å². The lowest BCUT2D eigenvalue weighted by molar-refractivity contribution is 0.573. The molecule has 0 bridgehead atoms. The summed E-state index contributed by atoms with van der Waals surface area (Å²) in [7, 11) is 0. The molecule has 0 atom stereocenters. The SMILES string of the molecule is Cc1[nH]nc2ccnc(-c3ncco3)c12. The molecule has 0 spiro atoms. The smallest absolute Gasteiger partial charge is 0.245 e. The van der Waals surface area contributed by atoms with E-state index in [0.29, 0.717) is 5.89 Å². The molecule has 0 aliphatic heterocycles. The Morgan fingerprint density at radius 1 is 1.27 bits per heavy atom. The lowest BCUT2D eigenvalue weighted by atomic mass is 10.2. The molecule has 0 saturated carbocycles. The second-order valence-electron chi connectivity index (χ2n) is 3.24. The van der Waals surface area contributed by atoms with Crippen LogP contribution in [0.4, 0.5) is 0 Å². The van der Waals surface area contributed by atoms with Gasteiger partial charge in [-0.1, -0.05) is 0 Å². The van der Waals surface area contributed by atoms with Crippen LogP contribution in [0.3, 0.4) is 0 Å². The predicted octanol–water partition coefficient (Wildman–Crippen LogP) is 1.92. The maximum absolute atomic E-state index is 5.24. The monoisotopic (exact) mass is 200 g/mol. The molecule has 74 valence electrons. The van der Waals surface area contributed by atoms with E-state index in [1.54, 1.807) is 12.4 Å². The summed E-state index contributed by atoms with van der Waals surface area (Å²) in [5.41, 5.74) is 2.56. The molecular weight excluding hydrogens is 192 g/mol. The number of aromatic nitrogens is 4. The minimum atomic E-state index is 0.519. The largest absolute Gasteiger partial charge is 0.443 e. The summed E-state index contributed by atoms with van der Waals surface area (Å²) >= 11 is 0. The summed E-state index contributed by atoms with van der Waals surface area (Å²) in [4.78, 5) is 8.35. The van der Waals surface area contributed by atoms with Crippen molar-refractivity contribution >= 4 is 10.9 Å². The molecule has 0 aliphatic carbocycles. The Bertz CT molecular complexity index is 597. The van der Waals surface area contributed by atoms with E-state index in [1.807, 2.05) is 13.0 Å². The van der Waals surface area contributed by atoms with Gasteiger partial charge in [0.1, 0.15) is 12.0 Å². The molecular formula is C10H8N4O. The molecule has 0 amide bonds. The van der Waals surface area contributed by atoms with Gasteiger partial charge in [0.05, 0.1) is 17.1 Å². The van der Waals surface area contributed by atoms with Crippen LogP contribution in [0.15, 0.2) is 29.1 Å². The van der Waals surface area contributed by atoms with Crippen LogP contribution >= 0.6 is 0 Å². The molecule has 3 rings (SSSR count). The third-order valence-corrected chi connectivity index (χ3v) is 2.28. The van der Waals surface area contributed by atoms with E-state index in [9.17, 15) is 0 Å². The number of hydrogen-bond donors (Lipinski definition) is 1. The van der Waals surface area contributed by atoms with Crippen LogP contribution in [0.1, 0.15) is 5.69 Å². The molecule has 3 aromatic heterocycles. The summed E-state index contributed by atoms with van der Waals surface area (Å²) in [6.07, 6.45) is 4.83. The van der Waals surface area contributed by atoms with Gasteiger partial charge in [0.2, 0.25) is 5.89 Å². The van der Waals surface area contributed by atoms with Gasteiger partial charge in [-0.3, -0.25) is 10.1 Å². The Labute approximate surface area is 85.2 Å². The molecule has 15 heavy (non-hydrogen) atoms. The zero-order valence-electron chi connectivity index (χ0n) is 8.06. The number of oxazole rings is 1.